The first-order valence-electron chi connectivity index (χ1n) is 11.2. The van der Waals surface area contributed by atoms with Gasteiger partial charge in [0.2, 0.25) is 0 Å². The average Bonchev–Trinajstić information content (AvgIpc) is 3.12. The second-order valence-electron chi connectivity index (χ2n) is 8.37. The van der Waals surface area contributed by atoms with Crippen molar-refractivity contribution in [2.45, 2.75) is 58.6 Å². The Morgan fingerprint density at radius 1 is 1.29 bits per heavy atom. The standard InChI is InChI=1S/C24H31N3O3S/c1-3-12-27(13-17(28)15-30-19-10-6-4-8-16(19)2)14-21-25-23(29)22-18-9-5-7-11-20(18)31-24(22)26-21/h4,6,8,10,17,28H,3,5,7,9,11-15H2,1-2H3,(H,25,26,29). The van der Waals surface area contributed by atoms with Crippen LogP contribution in [0.3, 0.4) is 0 Å². The van der Waals surface area contributed by atoms with Crippen LogP contribution in [0.25, 0.3) is 10.2 Å². The van der Waals surface area contributed by atoms with Crippen LogP contribution >= 0.6 is 11.3 Å². The Bertz CT molecular complexity index is 1090. The number of benzene rings is 1. The Morgan fingerprint density at radius 2 is 2.10 bits per heavy atom. The summed E-state index contributed by atoms with van der Waals surface area (Å²) in [7, 11) is 0. The molecule has 0 radical (unpaired) electrons. The molecule has 0 aliphatic heterocycles. The zero-order chi connectivity index (χ0) is 21.8. The molecule has 1 aliphatic carbocycles. The second kappa shape index (κ2) is 9.94. The molecule has 1 aromatic carbocycles. The fourth-order valence-electron chi connectivity index (χ4n) is 4.30. The van der Waals surface area contributed by atoms with E-state index in [0.29, 0.717) is 18.9 Å². The van der Waals surface area contributed by atoms with Crippen molar-refractivity contribution in [2.24, 2.45) is 0 Å². The van der Waals surface area contributed by atoms with E-state index < -0.39 is 6.10 Å². The molecule has 2 heterocycles. The predicted octanol–water partition coefficient (Wildman–Crippen LogP) is 3.82. The summed E-state index contributed by atoms with van der Waals surface area (Å²) in [6, 6.07) is 7.80. The molecule has 1 unspecified atom stereocenters. The highest BCUT2D eigenvalue weighted by Gasteiger charge is 2.21. The van der Waals surface area contributed by atoms with Gasteiger partial charge >= 0.3 is 0 Å². The summed E-state index contributed by atoms with van der Waals surface area (Å²) < 4.78 is 5.80. The summed E-state index contributed by atoms with van der Waals surface area (Å²) in [6.07, 6.45) is 4.69. The predicted molar refractivity (Wildman–Crippen MR) is 125 cm³/mol. The first-order chi connectivity index (χ1) is 15.0. The van der Waals surface area contributed by atoms with Gasteiger partial charge in [-0.25, -0.2) is 4.98 Å². The summed E-state index contributed by atoms with van der Waals surface area (Å²) in [5.74, 6) is 1.46. The largest absolute Gasteiger partial charge is 0.491 e. The molecule has 1 aliphatic rings. The van der Waals surface area contributed by atoms with Gasteiger partial charge in [-0.2, -0.15) is 0 Å². The van der Waals surface area contributed by atoms with Crippen LogP contribution in [0, 0.1) is 6.92 Å². The summed E-state index contributed by atoms with van der Waals surface area (Å²) in [5, 5.41) is 11.3. The van der Waals surface area contributed by atoms with Gasteiger partial charge in [0.05, 0.1) is 11.9 Å². The summed E-state index contributed by atoms with van der Waals surface area (Å²) in [5.41, 5.74) is 2.23. The number of aliphatic hydroxyl groups excluding tert-OH is 1. The fraction of sp³-hybridized carbons (Fsp3) is 0.500. The monoisotopic (exact) mass is 441 g/mol. The molecule has 6 nitrogen and oxygen atoms in total. The number of rotatable bonds is 9. The van der Waals surface area contributed by atoms with Crippen LogP contribution in [0.15, 0.2) is 29.1 Å². The molecular formula is C24H31N3O3S. The van der Waals surface area contributed by atoms with E-state index >= 15 is 0 Å². The van der Waals surface area contributed by atoms with Crippen molar-refractivity contribution in [3.63, 3.8) is 0 Å². The Morgan fingerprint density at radius 3 is 2.90 bits per heavy atom. The van der Waals surface area contributed by atoms with E-state index in [9.17, 15) is 9.90 Å². The van der Waals surface area contributed by atoms with Gasteiger partial charge in [0.15, 0.2) is 0 Å². The zero-order valence-electron chi connectivity index (χ0n) is 18.3. The molecule has 7 heteroatoms. The van der Waals surface area contributed by atoms with Crippen molar-refractivity contribution in [1.82, 2.24) is 14.9 Å². The van der Waals surface area contributed by atoms with Gasteiger partial charge < -0.3 is 14.8 Å². The van der Waals surface area contributed by atoms with E-state index in [4.69, 9.17) is 9.72 Å². The van der Waals surface area contributed by atoms with E-state index in [1.54, 1.807) is 11.3 Å². The highest BCUT2D eigenvalue weighted by Crippen LogP contribution is 2.33. The Labute approximate surface area is 186 Å². The molecule has 31 heavy (non-hydrogen) atoms. The number of aromatic amines is 1. The lowest BCUT2D eigenvalue weighted by Crippen LogP contribution is -2.36. The highest BCUT2D eigenvalue weighted by atomic mass is 32.1. The van der Waals surface area contributed by atoms with E-state index in [1.807, 2.05) is 31.2 Å². The molecule has 0 amide bonds. The number of thiophene rings is 1. The van der Waals surface area contributed by atoms with Crippen LogP contribution in [-0.4, -0.2) is 45.8 Å². The van der Waals surface area contributed by atoms with Crippen LogP contribution in [-0.2, 0) is 19.4 Å². The molecule has 166 valence electrons. The lowest BCUT2D eigenvalue weighted by atomic mass is 9.97. The molecule has 2 aromatic heterocycles. The third kappa shape index (κ3) is 5.17. The third-order valence-electron chi connectivity index (χ3n) is 5.78. The van der Waals surface area contributed by atoms with Crippen LogP contribution in [0.4, 0.5) is 0 Å². The van der Waals surface area contributed by atoms with Gasteiger partial charge in [-0.15, -0.1) is 11.3 Å². The number of fused-ring (bicyclic) bond motifs is 3. The maximum atomic E-state index is 12.8. The van der Waals surface area contributed by atoms with Crippen molar-refractivity contribution in [2.75, 3.05) is 19.7 Å². The van der Waals surface area contributed by atoms with Crippen LogP contribution < -0.4 is 10.3 Å². The van der Waals surface area contributed by atoms with E-state index in [0.717, 1.165) is 53.8 Å². The Hall–Kier alpha value is -2.22. The minimum Gasteiger partial charge on any atom is -0.491 e. The quantitative estimate of drug-likeness (QED) is 0.528. The van der Waals surface area contributed by atoms with E-state index in [1.165, 1.54) is 16.9 Å². The molecule has 0 saturated heterocycles. The Balaban J connectivity index is 1.44. The number of aryl methyl sites for hydroxylation is 3. The van der Waals surface area contributed by atoms with Crippen molar-refractivity contribution >= 4 is 21.6 Å². The van der Waals surface area contributed by atoms with Crippen molar-refractivity contribution in [3.05, 3.63) is 56.4 Å². The maximum Gasteiger partial charge on any atom is 0.259 e. The number of ether oxygens (including phenoxy) is 1. The number of aromatic nitrogens is 2. The fourth-order valence-corrected chi connectivity index (χ4v) is 5.58. The number of hydrogen-bond donors (Lipinski definition) is 2. The van der Waals surface area contributed by atoms with Crippen molar-refractivity contribution in [1.29, 1.82) is 0 Å². The topological polar surface area (TPSA) is 78.5 Å². The molecule has 2 N–H and O–H groups in total. The second-order valence-corrected chi connectivity index (χ2v) is 9.45. The number of nitrogens with zero attached hydrogens (tertiary/aromatic N) is 2. The maximum absolute atomic E-state index is 12.8. The Kier molecular flexibility index (Phi) is 7.05. The van der Waals surface area contributed by atoms with Crippen LogP contribution in [0.5, 0.6) is 5.75 Å². The molecule has 3 aromatic rings. The van der Waals surface area contributed by atoms with Gasteiger partial charge in [-0.3, -0.25) is 9.69 Å². The lowest BCUT2D eigenvalue weighted by molar-refractivity contribution is 0.0645. The van der Waals surface area contributed by atoms with Crippen LogP contribution in [0.1, 0.15) is 48.0 Å². The molecule has 1 atom stereocenters. The molecular weight excluding hydrogens is 410 g/mol. The summed E-state index contributed by atoms with van der Waals surface area (Å²) in [6.45, 7) is 6.10. The van der Waals surface area contributed by atoms with Crippen molar-refractivity contribution < 1.29 is 9.84 Å². The lowest BCUT2D eigenvalue weighted by Gasteiger charge is -2.24. The number of para-hydroxylation sites is 1. The molecule has 0 fully saturated rings. The minimum absolute atomic E-state index is 0.0284. The van der Waals surface area contributed by atoms with Gasteiger partial charge in [0.1, 0.15) is 29.1 Å². The zero-order valence-corrected chi connectivity index (χ0v) is 19.1. The SMILES string of the molecule is CCCN(Cc1nc2sc3c(c2c(=O)[nH]1)CCCC3)CC(O)COc1ccccc1C. The summed E-state index contributed by atoms with van der Waals surface area (Å²) in [4.78, 5) is 24.9. The van der Waals surface area contributed by atoms with Gasteiger partial charge in [-0.05, 0) is 62.8 Å². The van der Waals surface area contributed by atoms with Crippen molar-refractivity contribution in [3.8, 4) is 5.75 Å². The highest BCUT2D eigenvalue weighted by molar-refractivity contribution is 7.18. The van der Waals surface area contributed by atoms with Gasteiger partial charge in [0.25, 0.3) is 5.56 Å². The molecule has 0 saturated carbocycles. The van der Waals surface area contributed by atoms with E-state index in [-0.39, 0.29) is 12.2 Å². The number of aliphatic hydroxyl groups is 1. The first kappa shape index (κ1) is 22.0. The first-order valence-corrected chi connectivity index (χ1v) is 12.0. The molecule has 4 rings (SSSR count). The smallest absolute Gasteiger partial charge is 0.259 e. The van der Waals surface area contributed by atoms with Gasteiger partial charge in [0, 0.05) is 11.4 Å². The molecule has 0 bridgehead atoms. The summed E-state index contributed by atoms with van der Waals surface area (Å²) >= 11 is 1.67. The third-order valence-corrected chi connectivity index (χ3v) is 6.97. The normalized spacial score (nSPS) is 14.7. The number of hydrogen-bond acceptors (Lipinski definition) is 6. The van der Waals surface area contributed by atoms with Crippen LogP contribution in [0.2, 0.25) is 0 Å². The number of H-pyrrole nitrogens is 1. The number of nitrogens with one attached hydrogen (secondary N) is 1. The minimum atomic E-state index is -0.629. The van der Waals surface area contributed by atoms with Gasteiger partial charge in [-0.1, -0.05) is 25.1 Å². The van der Waals surface area contributed by atoms with E-state index in [2.05, 4.69) is 16.8 Å². The average molecular weight is 442 g/mol. The molecule has 0 spiro atoms.